The summed E-state index contributed by atoms with van der Waals surface area (Å²) >= 11 is 0. The molecule has 0 saturated carbocycles. The Morgan fingerprint density at radius 1 is 1.20 bits per heavy atom. The Balaban J connectivity index is 1.56. The van der Waals surface area contributed by atoms with Crippen LogP contribution in [0.4, 0.5) is 5.82 Å². The minimum atomic E-state index is 0.318. The number of nitrogens with zero attached hydrogens (tertiary/aromatic N) is 2. The van der Waals surface area contributed by atoms with E-state index in [9.17, 15) is 0 Å². The summed E-state index contributed by atoms with van der Waals surface area (Å²) < 4.78 is 13.1. The quantitative estimate of drug-likeness (QED) is 0.764. The van der Waals surface area contributed by atoms with Crippen molar-refractivity contribution in [3.8, 4) is 5.75 Å². The van der Waals surface area contributed by atoms with Gasteiger partial charge in [-0.2, -0.15) is 5.10 Å². The van der Waals surface area contributed by atoms with Crippen molar-refractivity contribution in [2.45, 2.75) is 25.4 Å². The van der Waals surface area contributed by atoms with Crippen molar-refractivity contribution >= 4 is 16.6 Å². The molecule has 5 heteroatoms. The highest BCUT2D eigenvalue weighted by Gasteiger charge is 2.18. The molecule has 4 rings (SSSR count). The van der Waals surface area contributed by atoms with Gasteiger partial charge in [-0.1, -0.05) is 30.3 Å². The molecule has 1 atom stereocenters. The van der Waals surface area contributed by atoms with Crippen LogP contribution < -0.4 is 10.1 Å². The number of nitrogens with one attached hydrogen (secondary N) is 1. The molecule has 2 heterocycles. The Bertz CT molecular complexity index is 853. The molecule has 25 heavy (non-hydrogen) atoms. The molecule has 1 saturated heterocycles. The SMILES string of the molecule is COc1cccc2c(CNc3ccnn3C3CCCOC3)cccc12. The van der Waals surface area contributed by atoms with Gasteiger partial charge < -0.3 is 14.8 Å². The van der Waals surface area contributed by atoms with E-state index in [4.69, 9.17) is 9.47 Å². The second-order valence-corrected chi connectivity index (χ2v) is 6.36. The summed E-state index contributed by atoms with van der Waals surface area (Å²) in [6, 6.07) is 14.8. The average Bonchev–Trinajstić information content (AvgIpc) is 3.15. The maximum absolute atomic E-state index is 5.60. The predicted molar refractivity (Wildman–Crippen MR) is 99.1 cm³/mol. The molecule has 130 valence electrons. The highest BCUT2D eigenvalue weighted by atomic mass is 16.5. The average molecular weight is 337 g/mol. The van der Waals surface area contributed by atoms with Gasteiger partial charge in [0.1, 0.15) is 11.6 Å². The maximum atomic E-state index is 5.60. The van der Waals surface area contributed by atoms with Crippen LogP contribution in [0.25, 0.3) is 10.8 Å². The van der Waals surface area contributed by atoms with Gasteiger partial charge in [-0.15, -0.1) is 0 Å². The molecule has 1 N–H and O–H groups in total. The predicted octanol–water partition coefficient (Wildman–Crippen LogP) is 4.01. The molecule has 1 aliphatic rings. The van der Waals surface area contributed by atoms with Gasteiger partial charge >= 0.3 is 0 Å². The molecule has 3 aromatic rings. The third-order valence-corrected chi connectivity index (χ3v) is 4.80. The van der Waals surface area contributed by atoms with Crippen LogP contribution in [0.15, 0.2) is 48.7 Å². The van der Waals surface area contributed by atoms with Gasteiger partial charge in [0.15, 0.2) is 0 Å². The smallest absolute Gasteiger partial charge is 0.126 e. The van der Waals surface area contributed by atoms with Crippen molar-refractivity contribution in [3.63, 3.8) is 0 Å². The minimum absolute atomic E-state index is 0.318. The van der Waals surface area contributed by atoms with Crippen LogP contribution in [0.3, 0.4) is 0 Å². The first-order valence-corrected chi connectivity index (χ1v) is 8.76. The van der Waals surface area contributed by atoms with E-state index in [0.29, 0.717) is 6.04 Å². The topological polar surface area (TPSA) is 48.3 Å². The number of benzene rings is 2. The number of fused-ring (bicyclic) bond motifs is 1. The Labute approximate surface area is 147 Å². The first-order chi connectivity index (χ1) is 12.4. The molecule has 0 amide bonds. The number of ether oxygens (including phenoxy) is 2. The normalized spacial score (nSPS) is 17.6. The molecule has 0 aliphatic carbocycles. The largest absolute Gasteiger partial charge is 0.496 e. The lowest BCUT2D eigenvalue weighted by Crippen LogP contribution is -2.23. The number of hydrogen-bond acceptors (Lipinski definition) is 4. The fourth-order valence-electron chi connectivity index (χ4n) is 3.53. The van der Waals surface area contributed by atoms with E-state index in [1.54, 1.807) is 7.11 Å². The first-order valence-electron chi connectivity index (χ1n) is 8.76. The zero-order valence-corrected chi connectivity index (χ0v) is 14.4. The van der Waals surface area contributed by atoms with Crippen molar-refractivity contribution in [3.05, 3.63) is 54.2 Å². The van der Waals surface area contributed by atoms with Crippen molar-refractivity contribution < 1.29 is 9.47 Å². The Hall–Kier alpha value is -2.53. The zero-order valence-electron chi connectivity index (χ0n) is 14.4. The van der Waals surface area contributed by atoms with Crippen molar-refractivity contribution in [2.24, 2.45) is 0 Å². The second kappa shape index (κ2) is 7.15. The van der Waals surface area contributed by atoms with E-state index in [1.165, 1.54) is 10.9 Å². The van der Waals surface area contributed by atoms with Crippen LogP contribution in [0, 0.1) is 0 Å². The maximum Gasteiger partial charge on any atom is 0.126 e. The van der Waals surface area contributed by atoms with Gasteiger partial charge in [0, 0.05) is 24.6 Å². The van der Waals surface area contributed by atoms with E-state index >= 15 is 0 Å². The van der Waals surface area contributed by atoms with E-state index in [2.05, 4.69) is 39.4 Å². The van der Waals surface area contributed by atoms with Crippen LogP contribution in [0.5, 0.6) is 5.75 Å². The van der Waals surface area contributed by atoms with E-state index in [1.807, 2.05) is 24.4 Å². The second-order valence-electron chi connectivity index (χ2n) is 6.36. The third kappa shape index (κ3) is 3.20. The number of rotatable bonds is 5. The van der Waals surface area contributed by atoms with Crippen LogP contribution in [0.1, 0.15) is 24.4 Å². The third-order valence-electron chi connectivity index (χ3n) is 4.80. The Morgan fingerprint density at radius 3 is 2.92 bits per heavy atom. The lowest BCUT2D eigenvalue weighted by Gasteiger charge is -2.24. The zero-order chi connectivity index (χ0) is 17.1. The Morgan fingerprint density at radius 2 is 2.08 bits per heavy atom. The summed E-state index contributed by atoms with van der Waals surface area (Å²) in [5.74, 6) is 1.94. The van der Waals surface area contributed by atoms with Gasteiger partial charge in [-0.05, 0) is 29.9 Å². The molecular weight excluding hydrogens is 314 g/mol. The van der Waals surface area contributed by atoms with Gasteiger partial charge in [0.2, 0.25) is 0 Å². The summed E-state index contributed by atoms with van der Waals surface area (Å²) in [5, 5.41) is 10.4. The van der Waals surface area contributed by atoms with Crippen molar-refractivity contribution in [1.82, 2.24) is 9.78 Å². The summed E-state index contributed by atoms with van der Waals surface area (Å²) in [4.78, 5) is 0. The molecule has 1 unspecified atom stereocenters. The number of methoxy groups -OCH3 is 1. The summed E-state index contributed by atoms with van der Waals surface area (Å²) in [6.07, 6.45) is 4.05. The molecule has 1 fully saturated rings. The summed E-state index contributed by atoms with van der Waals surface area (Å²) in [6.45, 7) is 2.34. The van der Waals surface area contributed by atoms with Crippen molar-refractivity contribution in [1.29, 1.82) is 0 Å². The molecule has 1 aromatic heterocycles. The minimum Gasteiger partial charge on any atom is -0.496 e. The molecule has 0 radical (unpaired) electrons. The molecule has 1 aliphatic heterocycles. The van der Waals surface area contributed by atoms with Crippen LogP contribution in [-0.2, 0) is 11.3 Å². The van der Waals surface area contributed by atoms with Crippen molar-refractivity contribution in [2.75, 3.05) is 25.6 Å². The van der Waals surface area contributed by atoms with E-state index < -0.39 is 0 Å². The molecule has 5 nitrogen and oxygen atoms in total. The molecule has 0 spiro atoms. The molecule has 2 aromatic carbocycles. The van der Waals surface area contributed by atoms with Crippen LogP contribution in [0.2, 0.25) is 0 Å². The van der Waals surface area contributed by atoms with Crippen LogP contribution in [-0.4, -0.2) is 30.1 Å². The van der Waals surface area contributed by atoms with Gasteiger partial charge in [0.05, 0.1) is 26.0 Å². The number of hydrogen-bond donors (Lipinski definition) is 1. The first kappa shape index (κ1) is 16.0. The molecular formula is C20H23N3O2. The van der Waals surface area contributed by atoms with E-state index in [0.717, 1.165) is 49.6 Å². The fourth-order valence-corrected chi connectivity index (χ4v) is 3.53. The fraction of sp³-hybridized carbons (Fsp3) is 0.350. The van der Waals surface area contributed by atoms with Gasteiger partial charge in [-0.25, -0.2) is 4.68 Å². The lowest BCUT2D eigenvalue weighted by atomic mass is 10.0. The van der Waals surface area contributed by atoms with E-state index in [-0.39, 0.29) is 0 Å². The number of anilines is 1. The van der Waals surface area contributed by atoms with Gasteiger partial charge in [0.25, 0.3) is 0 Å². The number of aromatic nitrogens is 2. The molecule has 0 bridgehead atoms. The monoisotopic (exact) mass is 337 g/mol. The highest BCUT2D eigenvalue weighted by Crippen LogP contribution is 2.29. The van der Waals surface area contributed by atoms with Crippen LogP contribution >= 0.6 is 0 Å². The lowest BCUT2D eigenvalue weighted by molar-refractivity contribution is 0.0556. The standard InChI is InChI=1S/C20H23N3O2/c1-24-19-9-3-7-17-15(5-2-8-18(17)19)13-21-20-10-11-22-23(20)16-6-4-12-25-14-16/h2-3,5,7-11,16,21H,4,6,12-14H2,1H3. The highest BCUT2D eigenvalue weighted by molar-refractivity contribution is 5.91. The summed E-state index contributed by atoms with van der Waals surface area (Å²) in [5.41, 5.74) is 1.24. The summed E-state index contributed by atoms with van der Waals surface area (Å²) in [7, 11) is 1.71. The Kier molecular flexibility index (Phi) is 4.57. The van der Waals surface area contributed by atoms with Gasteiger partial charge in [-0.3, -0.25) is 0 Å².